The monoisotopic (exact) mass is 391 g/mol. The minimum absolute atomic E-state index is 0.0964. The molecule has 1 N–H and O–H groups in total. The Kier molecular flexibility index (Phi) is 7.48. The van der Waals surface area contributed by atoms with Crippen molar-refractivity contribution in [1.29, 1.82) is 0 Å². The Morgan fingerprint density at radius 3 is 2.89 bits per heavy atom. The minimum atomic E-state index is -0.145. The number of nitrogens with one attached hydrogen (secondary N) is 1. The summed E-state index contributed by atoms with van der Waals surface area (Å²) in [4.78, 5) is 17.4. The number of aromatic nitrogens is 2. The lowest BCUT2D eigenvalue weighted by Crippen LogP contribution is -2.49. The molecule has 28 heavy (non-hydrogen) atoms. The maximum atomic E-state index is 12.6. The maximum absolute atomic E-state index is 12.6. The van der Waals surface area contributed by atoms with Crippen LogP contribution in [0.2, 0.25) is 0 Å². The van der Waals surface area contributed by atoms with Crippen molar-refractivity contribution in [3.63, 3.8) is 0 Å². The largest absolute Gasteiger partial charge is 0.376 e. The van der Waals surface area contributed by atoms with Gasteiger partial charge in [0.2, 0.25) is 5.91 Å². The van der Waals surface area contributed by atoms with Crippen molar-refractivity contribution in [2.24, 2.45) is 13.0 Å². The van der Waals surface area contributed by atoms with Crippen LogP contribution in [0.4, 0.5) is 0 Å². The van der Waals surface area contributed by atoms with E-state index in [9.17, 15) is 4.79 Å². The van der Waals surface area contributed by atoms with Gasteiger partial charge in [0.05, 0.1) is 18.3 Å². The third kappa shape index (κ3) is 5.13. The number of nitrogens with zero attached hydrogens (tertiary/aromatic N) is 4. The van der Waals surface area contributed by atoms with Crippen LogP contribution >= 0.6 is 0 Å². The molecule has 1 amide bonds. The lowest BCUT2D eigenvalue weighted by atomic mass is 9.85. The number of rotatable bonds is 8. The fourth-order valence-corrected chi connectivity index (χ4v) is 4.67. The first-order valence-electron chi connectivity index (χ1n) is 10.8. The molecular weight excluding hydrogens is 354 g/mol. The third-order valence-corrected chi connectivity index (χ3v) is 6.42. The van der Waals surface area contributed by atoms with Gasteiger partial charge in [0.25, 0.3) is 0 Å². The van der Waals surface area contributed by atoms with E-state index in [0.717, 1.165) is 39.1 Å². The van der Waals surface area contributed by atoms with Crippen molar-refractivity contribution in [3.05, 3.63) is 18.0 Å². The van der Waals surface area contributed by atoms with Crippen molar-refractivity contribution in [1.82, 2.24) is 24.9 Å². The fraction of sp³-hybridized carbons (Fsp3) is 0.810. The van der Waals surface area contributed by atoms with E-state index in [4.69, 9.17) is 4.74 Å². The second-order valence-electron chi connectivity index (χ2n) is 8.42. The number of likely N-dealkylation sites (tertiary alicyclic amines) is 1. The average Bonchev–Trinajstić information content (AvgIpc) is 3.36. The number of piperidine rings is 1. The quantitative estimate of drug-likeness (QED) is 0.732. The summed E-state index contributed by atoms with van der Waals surface area (Å²) < 4.78 is 7.50. The van der Waals surface area contributed by atoms with Crippen LogP contribution in [0.3, 0.4) is 0 Å². The Hall–Kier alpha value is -1.44. The smallest absolute Gasteiger partial charge is 0.237 e. The molecule has 7 heteroatoms. The number of hydrogen-bond acceptors (Lipinski definition) is 5. The van der Waals surface area contributed by atoms with Crippen molar-refractivity contribution >= 4 is 5.91 Å². The van der Waals surface area contributed by atoms with Gasteiger partial charge in [-0.3, -0.25) is 19.3 Å². The van der Waals surface area contributed by atoms with E-state index in [1.165, 1.54) is 18.4 Å². The molecule has 3 heterocycles. The maximum Gasteiger partial charge on any atom is 0.237 e. The molecule has 2 fully saturated rings. The van der Waals surface area contributed by atoms with E-state index in [-0.39, 0.29) is 18.1 Å². The highest BCUT2D eigenvalue weighted by atomic mass is 16.5. The molecule has 4 atom stereocenters. The van der Waals surface area contributed by atoms with Crippen LogP contribution in [0.15, 0.2) is 12.4 Å². The molecule has 2 unspecified atom stereocenters. The number of aryl methyl sites for hydroxylation is 1. The van der Waals surface area contributed by atoms with Gasteiger partial charge < -0.3 is 10.1 Å². The minimum Gasteiger partial charge on any atom is -0.376 e. The van der Waals surface area contributed by atoms with E-state index in [1.807, 2.05) is 24.9 Å². The zero-order chi connectivity index (χ0) is 20.1. The second-order valence-corrected chi connectivity index (χ2v) is 8.42. The molecule has 2 aliphatic heterocycles. The summed E-state index contributed by atoms with van der Waals surface area (Å²) in [7, 11) is 4.05. The molecule has 2 aliphatic rings. The molecule has 0 aliphatic carbocycles. The van der Waals surface area contributed by atoms with Crippen LogP contribution < -0.4 is 5.32 Å². The summed E-state index contributed by atoms with van der Waals surface area (Å²) in [5, 5.41) is 7.48. The van der Waals surface area contributed by atoms with Crippen LogP contribution in [0.25, 0.3) is 0 Å². The summed E-state index contributed by atoms with van der Waals surface area (Å²) in [5.41, 5.74) is 1.29. The van der Waals surface area contributed by atoms with Gasteiger partial charge in [0, 0.05) is 44.5 Å². The van der Waals surface area contributed by atoms with Crippen molar-refractivity contribution in [2.45, 2.75) is 57.7 Å². The third-order valence-electron chi connectivity index (χ3n) is 6.42. The van der Waals surface area contributed by atoms with E-state index >= 15 is 0 Å². The van der Waals surface area contributed by atoms with Crippen LogP contribution in [0.1, 0.15) is 51.1 Å². The summed E-state index contributed by atoms with van der Waals surface area (Å²) in [6.07, 6.45) is 8.88. The van der Waals surface area contributed by atoms with Gasteiger partial charge in [-0.2, -0.15) is 5.10 Å². The van der Waals surface area contributed by atoms with Gasteiger partial charge in [-0.25, -0.2) is 0 Å². The molecule has 1 aromatic rings. The SMILES string of the molecule is CCN1CCC[C@@H](CN(C)C(C)C(=O)NCC2CCCO2)[C@@H]1c1cnn(C)c1. The van der Waals surface area contributed by atoms with E-state index in [1.54, 1.807) is 0 Å². The summed E-state index contributed by atoms with van der Waals surface area (Å²) >= 11 is 0. The predicted octanol–water partition coefficient (Wildman–Crippen LogP) is 1.81. The lowest BCUT2D eigenvalue weighted by molar-refractivity contribution is -0.126. The lowest BCUT2D eigenvalue weighted by Gasteiger charge is -2.42. The second kappa shape index (κ2) is 9.85. The van der Waals surface area contributed by atoms with E-state index in [2.05, 4.69) is 40.4 Å². The number of ether oxygens (including phenoxy) is 1. The molecular formula is C21H37N5O2. The van der Waals surface area contributed by atoms with Crippen molar-refractivity contribution in [2.75, 3.05) is 39.8 Å². The number of carbonyl (C=O) groups is 1. The predicted molar refractivity (Wildman–Crippen MR) is 110 cm³/mol. The molecule has 0 aromatic carbocycles. The molecule has 0 bridgehead atoms. The summed E-state index contributed by atoms with van der Waals surface area (Å²) in [6, 6.07) is 0.227. The van der Waals surface area contributed by atoms with Gasteiger partial charge in [-0.15, -0.1) is 0 Å². The highest BCUT2D eigenvalue weighted by Gasteiger charge is 2.34. The van der Waals surface area contributed by atoms with Crippen molar-refractivity contribution < 1.29 is 9.53 Å². The Labute approximate surface area is 169 Å². The topological polar surface area (TPSA) is 62.6 Å². The Balaban J connectivity index is 1.59. The molecule has 0 saturated carbocycles. The molecule has 0 radical (unpaired) electrons. The standard InChI is InChI=1S/C21H37N5O2/c1-5-26-10-6-8-17(20(26)18-12-23-25(4)15-18)14-24(3)16(2)21(27)22-13-19-9-7-11-28-19/h12,15-17,19-20H,5-11,13-14H2,1-4H3,(H,22,27)/t16?,17-,19?,20+/m0/s1. The highest BCUT2D eigenvalue weighted by molar-refractivity contribution is 5.81. The van der Waals surface area contributed by atoms with Crippen LogP contribution in [-0.4, -0.2) is 77.5 Å². The molecule has 3 rings (SSSR count). The summed E-state index contributed by atoms with van der Waals surface area (Å²) in [6.45, 7) is 8.76. The first-order chi connectivity index (χ1) is 13.5. The highest BCUT2D eigenvalue weighted by Crippen LogP contribution is 2.36. The van der Waals surface area contributed by atoms with E-state index in [0.29, 0.717) is 18.5 Å². The van der Waals surface area contributed by atoms with Crippen LogP contribution in [-0.2, 0) is 16.6 Å². The molecule has 0 spiro atoms. The first-order valence-corrected chi connectivity index (χ1v) is 10.8. The summed E-state index contributed by atoms with van der Waals surface area (Å²) in [5.74, 6) is 0.593. The molecule has 7 nitrogen and oxygen atoms in total. The molecule has 158 valence electrons. The fourth-order valence-electron chi connectivity index (χ4n) is 4.67. The zero-order valence-electron chi connectivity index (χ0n) is 17.9. The van der Waals surface area contributed by atoms with Gasteiger partial charge in [0.15, 0.2) is 0 Å². The average molecular weight is 392 g/mol. The number of hydrogen-bond donors (Lipinski definition) is 1. The number of amides is 1. The van der Waals surface area contributed by atoms with Gasteiger partial charge >= 0.3 is 0 Å². The first kappa shape index (κ1) is 21.3. The van der Waals surface area contributed by atoms with Gasteiger partial charge in [-0.05, 0) is 58.7 Å². The van der Waals surface area contributed by atoms with Crippen LogP contribution in [0.5, 0.6) is 0 Å². The molecule has 1 aromatic heterocycles. The Morgan fingerprint density at radius 1 is 1.43 bits per heavy atom. The zero-order valence-corrected chi connectivity index (χ0v) is 17.9. The van der Waals surface area contributed by atoms with Crippen molar-refractivity contribution in [3.8, 4) is 0 Å². The number of likely N-dealkylation sites (N-methyl/N-ethyl adjacent to an activating group) is 1. The van der Waals surface area contributed by atoms with Gasteiger partial charge in [-0.1, -0.05) is 6.92 Å². The Bertz CT molecular complexity index is 628. The normalized spacial score (nSPS) is 27.2. The van der Waals surface area contributed by atoms with E-state index < -0.39 is 0 Å². The van der Waals surface area contributed by atoms with Gasteiger partial charge in [0.1, 0.15) is 0 Å². The molecule has 2 saturated heterocycles. The number of carbonyl (C=O) groups excluding carboxylic acids is 1. The Morgan fingerprint density at radius 2 is 2.25 bits per heavy atom. The van der Waals surface area contributed by atoms with Crippen LogP contribution in [0, 0.1) is 5.92 Å².